The lowest BCUT2D eigenvalue weighted by Crippen LogP contribution is -2.32. The number of esters is 1. The lowest BCUT2D eigenvalue weighted by atomic mass is 10.2. The zero-order valence-corrected chi connectivity index (χ0v) is 14.6. The zero-order valence-electron chi connectivity index (χ0n) is 14.6. The van der Waals surface area contributed by atoms with Gasteiger partial charge in [-0.05, 0) is 36.4 Å². The monoisotopic (exact) mass is 371 g/mol. The first-order chi connectivity index (χ1) is 13.0. The summed E-state index contributed by atoms with van der Waals surface area (Å²) in [6.45, 7) is 0. The van der Waals surface area contributed by atoms with E-state index in [9.17, 15) is 19.5 Å². The fraction of sp³-hybridized carbons (Fsp3) is 0.111. The van der Waals surface area contributed by atoms with Crippen molar-refractivity contribution in [3.05, 3.63) is 53.6 Å². The number of phenols is 1. The van der Waals surface area contributed by atoms with E-state index in [0.717, 1.165) is 0 Å². The maximum absolute atomic E-state index is 11.8. The molecule has 0 unspecified atom stereocenters. The fourth-order valence-electron chi connectivity index (χ4n) is 2.01. The van der Waals surface area contributed by atoms with Crippen LogP contribution in [0.2, 0.25) is 0 Å². The second-order valence-corrected chi connectivity index (χ2v) is 5.12. The van der Waals surface area contributed by atoms with Crippen molar-refractivity contribution in [3.8, 4) is 11.5 Å². The van der Waals surface area contributed by atoms with Crippen LogP contribution >= 0.6 is 0 Å². The summed E-state index contributed by atoms with van der Waals surface area (Å²) in [5.41, 5.74) is 2.97. The number of methoxy groups -OCH3 is 2. The van der Waals surface area contributed by atoms with Gasteiger partial charge in [-0.1, -0.05) is 6.07 Å². The summed E-state index contributed by atoms with van der Waals surface area (Å²) in [7, 11) is 2.66. The summed E-state index contributed by atoms with van der Waals surface area (Å²) in [4.78, 5) is 34.9. The van der Waals surface area contributed by atoms with Crippen LogP contribution in [0.1, 0.15) is 15.9 Å². The number of amides is 2. The molecule has 2 aromatic carbocycles. The van der Waals surface area contributed by atoms with Gasteiger partial charge in [0.2, 0.25) is 0 Å². The average Bonchev–Trinajstić information content (AvgIpc) is 2.69. The second kappa shape index (κ2) is 8.99. The molecule has 2 amide bonds. The van der Waals surface area contributed by atoms with Crippen LogP contribution in [0.3, 0.4) is 0 Å². The molecule has 3 N–H and O–H groups in total. The highest BCUT2D eigenvalue weighted by atomic mass is 16.5. The van der Waals surface area contributed by atoms with Crippen molar-refractivity contribution >= 4 is 29.7 Å². The summed E-state index contributed by atoms with van der Waals surface area (Å²) < 4.78 is 9.52. The molecule has 140 valence electrons. The molecule has 0 saturated carbocycles. The summed E-state index contributed by atoms with van der Waals surface area (Å²) in [5, 5.41) is 15.9. The Morgan fingerprint density at radius 1 is 1.04 bits per heavy atom. The number of nitrogens with one attached hydrogen (secondary N) is 2. The molecule has 0 heterocycles. The van der Waals surface area contributed by atoms with E-state index in [-0.39, 0.29) is 11.5 Å². The molecule has 2 aromatic rings. The molecule has 27 heavy (non-hydrogen) atoms. The van der Waals surface area contributed by atoms with Crippen LogP contribution in [0, 0.1) is 0 Å². The third-order valence-corrected chi connectivity index (χ3v) is 3.39. The molecule has 0 bridgehead atoms. The highest BCUT2D eigenvalue weighted by molar-refractivity contribution is 6.39. The molecule has 0 saturated heterocycles. The molecule has 0 fully saturated rings. The number of hydrogen-bond acceptors (Lipinski definition) is 7. The van der Waals surface area contributed by atoms with E-state index >= 15 is 0 Å². The first kappa shape index (κ1) is 19.4. The Balaban J connectivity index is 1.94. The zero-order chi connectivity index (χ0) is 19.8. The minimum Gasteiger partial charge on any atom is -0.504 e. The van der Waals surface area contributed by atoms with E-state index in [1.807, 2.05) is 5.43 Å². The molecule has 0 atom stereocenters. The number of ether oxygens (including phenoxy) is 2. The molecule has 9 nitrogen and oxygen atoms in total. The average molecular weight is 371 g/mol. The number of hydrogen-bond donors (Lipinski definition) is 3. The first-order valence-corrected chi connectivity index (χ1v) is 7.65. The van der Waals surface area contributed by atoms with Gasteiger partial charge in [0.1, 0.15) is 0 Å². The summed E-state index contributed by atoms with van der Waals surface area (Å²) in [6.07, 6.45) is 1.17. The fourth-order valence-corrected chi connectivity index (χ4v) is 2.01. The third kappa shape index (κ3) is 5.05. The van der Waals surface area contributed by atoms with Crippen LogP contribution in [0.4, 0.5) is 5.69 Å². The highest BCUT2D eigenvalue weighted by Gasteiger charge is 2.13. The van der Waals surface area contributed by atoms with Crippen molar-refractivity contribution in [1.82, 2.24) is 5.43 Å². The molecule has 0 spiro atoms. The molecule has 0 radical (unpaired) electrons. The number of phenolic OH excluding ortho intramolecular Hbond substituents is 1. The normalized spacial score (nSPS) is 10.3. The molecule has 2 rings (SSSR count). The van der Waals surface area contributed by atoms with Gasteiger partial charge in [-0.3, -0.25) is 9.59 Å². The van der Waals surface area contributed by atoms with Gasteiger partial charge in [0, 0.05) is 11.3 Å². The van der Waals surface area contributed by atoms with Gasteiger partial charge < -0.3 is 19.9 Å². The first-order valence-electron chi connectivity index (χ1n) is 7.65. The Labute approximate surface area is 154 Å². The Bertz CT molecular complexity index is 877. The predicted molar refractivity (Wildman–Crippen MR) is 96.8 cm³/mol. The lowest BCUT2D eigenvalue weighted by Gasteiger charge is -2.06. The predicted octanol–water partition coefficient (Wildman–Crippen LogP) is 1.28. The Hall–Kier alpha value is -3.88. The number of carbonyl (C=O) groups excluding carboxylic acids is 3. The Morgan fingerprint density at radius 2 is 1.74 bits per heavy atom. The Morgan fingerprint density at radius 3 is 2.37 bits per heavy atom. The number of rotatable bonds is 5. The van der Waals surface area contributed by atoms with E-state index in [2.05, 4.69) is 15.2 Å². The van der Waals surface area contributed by atoms with E-state index in [0.29, 0.717) is 16.8 Å². The van der Waals surface area contributed by atoms with E-state index in [1.54, 1.807) is 18.2 Å². The van der Waals surface area contributed by atoms with Crippen LogP contribution in [0.25, 0.3) is 0 Å². The van der Waals surface area contributed by atoms with Crippen molar-refractivity contribution in [1.29, 1.82) is 0 Å². The number of hydrazone groups is 1. The van der Waals surface area contributed by atoms with Gasteiger partial charge in [0.05, 0.1) is 26.0 Å². The van der Waals surface area contributed by atoms with Crippen molar-refractivity contribution in [2.75, 3.05) is 19.5 Å². The number of para-hydroxylation sites is 1. The van der Waals surface area contributed by atoms with Crippen LogP contribution in [-0.4, -0.2) is 43.3 Å². The number of carbonyl (C=O) groups is 3. The van der Waals surface area contributed by atoms with Gasteiger partial charge in [-0.2, -0.15) is 5.10 Å². The quantitative estimate of drug-likeness (QED) is 0.314. The molecular formula is C18H17N3O6. The minimum absolute atomic E-state index is 0.145. The van der Waals surface area contributed by atoms with Crippen LogP contribution in [0.15, 0.2) is 47.6 Å². The summed E-state index contributed by atoms with van der Waals surface area (Å²) in [6, 6.07) is 10.5. The van der Waals surface area contributed by atoms with Crippen molar-refractivity contribution < 1.29 is 29.0 Å². The van der Waals surface area contributed by atoms with Crippen molar-refractivity contribution in [3.63, 3.8) is 0 Å². The highest BCUT2D eigenvalue weighted by Crippen LogP contribution is 2.27. The van der Waals surface area contributed by atoms with Crippen LogP contribution < -0.4 is 15.5 Å². The summed E-state index contributed by atoms with van der Waals surface area (Å²) in [5.74, 6) is -2.37. The standard InChI is InChI=1S/C18H17N3O6/c1-26-14-5-3-4-12(15(14)22)10-19-21-17(24)16(23)20-13-8-6-11(7-9-13)18(25)27-2/h3-10,22H,1-2H3,(H,20,23)(H,21,24)/b19-10+. The second-order valence-electron chi connectivity index (χ2n) is 5.12. The molecular weight excluding hydrogens is 354 g/mol. The SMILES string of the molecule is COC(=O)c1ccc(NC(=O)C(=O)N/N=C/c2cccc(OC)c2O)cc1. The van der Waals surface area contributed by atoms with Gasteiger partial charge in [0.25, 0.3) is 0 Å². The molecule has 9 heteroatoms. The topological polar surface area (TPSA) is 126 Å². The van der Waals surface area contributed by atoms with Gasteiger partial charge in [0.15, 0.2) is 11.5 Å². The van der Waals surface area contributed by atoms with E-state index < -0.39 is 17.8 Å². The smallest absolute Gasteiger partial charge is 0.337 e. The number of aromatic hydroxyl groups is 1. The van der Waals surface area contributed by atoms with E-state index in [4.69, 9.17) is 4.74 Å². The minimum atomic E-state index is -1.01. The number of nitrogens with zero attached hydrogens (tertiary/aromatic N) is 1. The van der Waals surface area contributed by atoms with Gasteiger partial charge >= 0.3 is 17.8 Å². The van der Waals surface area contributed by atoms with Crippen LogP contribution in [0.5, 0.6) is 11.5 Å². The van der Waals surface area contributed by atoms with Crippen molar-refractivity contribution in [2.45, 2.75) is 0 Å². The maximum atomic E-state index is 11.8. The van der Waals surface area contributed by atoms with Crippen LogP contribution in [-0.2, 0) is 14.3 Å². The molecule has 0 aliphatic rings. The molecule has 0 aliphatic carbocycles. The van der Waals surface area contributed by atoms with E-state index in [1.165, 1.54) is 44.7 Å². The number of benzene rings is 2. The van der Waals surface area contributed by atoms with Gasteiger partial charge in [-0.15, -0.1) is 0 Å². The third-order valence-electron chi connectivity index (χ3n) is 3.39. The largest absolute Gasteiger partial charge is 0.504 e. The lowest BCUT2D eigenvalue weighted by molar-refractivity contribution is -0.136. The van der Waals surface area contributed by atoms with Crippen molar-refractivity contribution in [2.24, 2.45) is 5.10 Å². The Kier molecular flexibility index (Phi) is 6.48. The maximum Gasteiger partial charge on any atom is 0.337 e. The van der Waals surface area contributed by atoms with Gasteiger partial charge in [-0.25, -0.2) is 10.2 Å². The molecule has 0 aromatic heterocycles. The molecule has 0 aliphatic heterocycles. The number of anilines is 1. The summed E-state index contributed by atoms with van der Waals surface area (Å²) >= 11 is 0.